The van der Waals surface area contributed by atoms with Crippen LogP contribution in [0.15, 0.2) is 0 Å². The van der Waals surface area contributed by atoms with Crippen LogP contribution in [0.4, 0.5) is 0 Å². The maximum absolute atomic E-state index is 3.61. The molecule has 3 heteroatoms. The van der Waals surface area contributed by atoms with E-state index in [0.717, 1.165) is 17.7 Å². The van der Waals surface area contributed by atoms with Crippen LogP contribution >= 0.6 is 11.8 Å². The van der Waals surface area contributed by atoms with Gasteiger partial charge in [0.05, 0.1) is 0 Å². The van der Waals surface area contributed by atoms with E-state index < -0.39 is 0 Å². The zero-order valence-electron chi connectivity index (χ0n) is 12.4. The van der Waals surface area contributed by atoms with Crippen molar-refractivity contribution < 1.29 is 0 Å². The molecule has 0 radical (unpaired) electrons. The molecule has 1 aliphatic heterocycles. The van der Waals surface area contributed by atoms with Crippen molar-refractivity contribution in [3.63, 3.8) is 0 Å². The number of thioether (sulfide) groups is 1. The molecule has 1 heterocycles. The predicted octanol–water partition coefficient (Wildman–Crippen LogP) is 2.83. The van der Waals surface area contributed by atoms with Crippen LogP contribution in [0.25, 0.3) is 0 Å². The zero-order chi connectivity index (χ0) is 13.0. The first-order valence-electron chi connectivity index (χ1n) is 7.04. The standard InChI is InChI=1S/C14H30N2S/c1-10(2)14(9-15-11(3)4)16-7-8-17-13(6)12(16)5/h10-15H,7-9H2,1-6H3. The van der Waals surface area contributed by atoms with Gasteiger partial charge in [-0.15, -0.1) is 0 Å². The van der Waals surface area contributed by atoms with E-state index in [4.69, 9.17) is 0 Å². The van der Waals surface area contributed by atoms with E-state index in [9.17, 15) is 0 Å². The van der Waals surface area contributed by atoms with Gasteiger partial charge in [-0.3, -0.25) is 4.90 Å². The molecule has 1 fully saturated rings. The van der Waals surface area contributed by atoms with Gasteiger partial charge < -0.3 is 5.32 Å². The molecule has 2 nitrogen and oxygen atoms in total. The quantitative estimate of drug-likeness (QED) is 0.816. The lowest BCUT2D eigenvalue weighted by Gasteiger charge is -2.44. The third-order valence-electron chi connectivity index (χ3n) is 3.86. The maximum atomic E-state index is 3.61. The van der Waals surface area contributed by atoms with Gasteiger partial charge in [0.2, 0.25) is 0 Å². The lowest BCUT2D eigenvalue weighted by molar-refractivity contribution is 0.109. The molecular formula is C14H30N2S. The average molecular weight is 258 g/mol. The minimum Gasteiger partial charge on any atom is -0.313 e. The molecule has 1 saturated heterocycles. The maximum Gasteiger partial charge on any atom is 0.0247 e. The Morgan fingerprint density at radius 1 is 1.24 bits per heavy atom. The Hall–Kier alpha value is 0.270. The molecule has 0 bridgehead atoms. The second-order valence-electron chi connectivity index (χ2n) is 5.93. The molecule has 3 unspecified atom stereocenters. The Kier molecular flexibility index (Phi) is 6.32. The van der Waals surface area contributed by atoms with Crippen LogP contribution in [-0.2, 0) is 0 Å². The number of hydrogen-bond acceptors (Lipinski definition) is 3. The van der Waals surface area contributed by atoms with E-state index in [-0.39, 0.29) is 0 Å². The Bertz CT molecular complexity index is 218. The number of hydrogen-bond donors (Lipinski definition) is 1. The largest absolute Gasteiger partial charge is 0.313 e. The second kappa shape index (κ2) is 7.01. The highest BCUT2D eigenvalue weighted by molar-refractivity contribution is 8.00. The second-order valence-corrected chi connectivity index (χ2v) is 7.41. The third-order valence-corrected chi connectivity index (χ3v) is 5.20. The first kappa shape index (κ1) is 15.3. The molecule has 0 aromatic carbocycles. The fraction of sp³-hybridized carbons (Fsp3) is 1.00. The van der Waals surface area contributed by atoms with E-state index in [0.29, 0.717) is 18.1 Å². The third kappa shape index (κ3) is 4.46. The monoisotopic (exact) mass is 258 g/mol. The van der Waals surface area contributed by atoms with Crippen molar-refractivity contribution >= 4 is 11.8 Å². The van der Waals surface area contributed by atoms with Gasteiger partial charge in [0.15, 0.2) is 0 Å². The van der Waals surface area contributed by atoms with Crippen molar-refractivity contribution in [1.29, 1.82) is 0 Å². The molecule has 1 N–H and O–H groups in total. The van der Waals surface area contributed by atoms with Crippen molar-refractivity contribution in [3.8, 4) is 0 Å². The van der Waals surface area contributed by atoms with Gasteiger partial charge >= 0.3 is 0 Å². The molecule has 0 aliphatic carbocycles. The Morgan fingerprint density at radius 2 is 1.88 bits per heavy atom. The normalized spacial score (nSPS) is 28.9. The molecule has 1 aliphatic rings. The number of nitrogens with zero attached hydrogens (tertiary/aromatic N) is 1. The Morgan fingerprint density at radius 3 is 2.41 bits per heavy atom. The molecule has 0 aromatic heterocycles. The fourth-order valence-electron chi connectivity index (χ4n) is 2.52. The van der Waals surface area contributed by atoms with Gasteiger partial charge in [-0.05, 0) is 12.8 Å². The van der Waals surface area contributed by atoms with Crippen molar-refractivity contribution in [3.05, 3.63) is 0 Å². The molecular weight excluding hydrogens is 228 g/mol. The summed E-state index contributed by atoms with van der Waals surface area (Å²) in [5, 5.41) is 4.38. The zero-order valence-corrected chi connectivity index (χ0v) is 13.2. The first-order valence-corrected chi connectivity index (χ1v) is 8.09. The summed E-state index contributed by atoms with van der Waals surface area (Å²) in [5.41, 5.74) is 0. The highest BCUT2D eigenvalue weighted by Gasteiger charge is 2.31. The van der Waals surface area contributed by atoms with Crippen LogP contribution in [0.2, 0.25) is 0 Å². The van der Waals surface area contributed by atoms with E-state index >= 15 is 0 Å². The van der Waals surface area contributed by atoms with Crippen LogP contribution in [0.1, 0.15) is 41.5 Å². The van der Waals surface area contributed by atoms with Crippen molar-refractivity contribution in [2.75, 3.05) is 18.8 Å². The lowest BCUT2D eigenvalue weighted by atomic mass is 9.99. The molecule has 0 saturated carbocycles. The van der Waals surface area contributed by atoms with Crippen LogP contribution in [0, 0.1) is 5.92 Å². The summed E-state index contributed by atoms with van der Waals surface area (Å²) in [6.07, 6.45) is 0. The number of rotatable bonds is 5. The minimum absolute atomic E-state index is 0.586. The fourth-order valence-corrected chi connectivity index (χ4v) is 3.64. The molecule has 0 spiro atoms. The summed E-state index contributed by atoms with van der Waals surface area (Å²) in [6.45, 7) is 16.3. The summed E-state index contributed by atoms with van der Waals surface area (Å²) in [5.74, 6) is 2.01. The highest BCUT2D eigenvalue weighted by atomic mass is 32.2. The summed E-state index contributed by atoms with van der Waals surface area (Å²) in [4.78, 5) is 2.72. The molecule has 1 rings (SSSR count). The van der Waals surface area contributed by atoms with E-state index in [1.165, 1.54) is 12.3 Å². The Labute approximate surface area is 112 Å². The molecule has 17 heavy (non-hydrogen) atoms. The molecule has 3 atom stereocenters. The van der Waals surface area contributed by atoms with Gasteiger partial charge in [-0.2, -0.15) is 11.8 Å². The van der Waals surface area contributed by atoms with Crippen LogP contribution in [0.3, 0.4) is 0 Å². The minimum atomic E-state index is 0.586. The summed E-state index contributed by atoms with van der Waals surface area (Å²) in [7, 11) is 0. The lowest BCUT2D eigenvalue weighted by Crippen LogP contribution is -2.55. The molecule has 102 valence electrons. The topological polar surface area (TPSA) is 15.3 Å². The molecule has 0 aromatic rings. The van der Waals surface area contributed by atoms with Gasteiger partial charge in [-0.25, -0.2) is 0 Å². The first-order chi connectivity index (χ1) is 7.93. The average Bonchev–Trinajstić information content (AvgIpc) is 2.23. The van der Waals surface area contributed by atoms with Crippen molar-refractivity contribution in [2.24, 2.45) is 5.92 Å². The van der Waals surface area contributed by atoms with Crippen LogP contribution in [0.5, 0.6) is 0 Å². The van der Waals surface area contributed by atoms with E-state index in [1.807, 2.05) is 0 Å². The van der Waals surface area contributed by atoms with Gasteiger partial charge in [0.1, 0.15) is 0 Å². The van der Waals surface area contributed by atoms with Crippen LogP contribution < -0.4 is 5.32 Å². The SMILES string of the molecule is CC(C)NCC(C(C)C)N1CCSC(C)C1C. The van der Waals surface area contributed by atoms with Crippen molar-refractivity contribution in [2.45, 2.75) is 64.9 Å². The molecule has 0 amide bonds. The van der Waals surface area contributed by atoms with Crippen molar-refractivity contribution in [1.82, 2.24) is 10.2 Å². The summed E-state index contributed by atoms with van der Waals surface area (Å²) >= 11 is 2.12. The predicted molar refractivity (Wildman–Crippen MR) is 79.9 cm³/mol. The highest BCUT2D eigenvalue weighted by Crippen LogP contribution is 2.27. The van der Waals surface area contributed by atoms with Gasteiger partial charge in [0.25, 0.3) is 0 Å². The van der Waals surface area contributed by atoms with E-state index in [1.54, 1.807) is 0 Å². The summed E-state index contributed by atoms with van der Waals surface area (Å²) < 4.78 is 0. The smallest absolute Gasteiger partial charge is 0.0247 e. The summed E-state index contributed by atoms with van der Waals surface area (Å²) in [6, 6.07) is 1.97. The van der Waals surface area contributed by atoms with Crippen LogP contribution in [-0.4, -0.2) is 47.1 Å². The van der Waals surface area contributed by atoms with Gasteiger partial charge in [-0.1, -0.05) is 34.6 Å². The van der Waals surface area contributed by atoms with E-state index in [2.05, 4.69) is 63.5 Å². The number of nitrogens with one attached hydrogen (secondary N) is 1. The Balaban J connectivity index is 2.62. The van der Waals surface area contributed by atoms with Gasteiger partial charge in [0, 0.05) is 42.2 Å².